The van der Waals surface area contributed by atoms with Gasteiger partial charge in [0.1, 0.15) is 11.8 Å². The van der Waals surface area contributed by atoms with Gasteiger partial charge in [0.2, 0.25) is 5.91 Å². The smallest absolute Gasteiger partial charge is 0.247 e. The molecule has 1 aromatic carbocycles. The van der Waals surface area contributed by atoms with Crippen molar-refractivity contribution in [3.8, 4) is 5.75 Å². The van der Waals surface area contributed by atoms with Crippen molar-refractivity contribution in [1.29, 1.82) is 0 Å². The Kier molecular flexibility index (Phi) is 3.32. The third-order valence-electron chi connectivity index (χ3n) is 4.20. The lowest BCUT2D eigenvalue weighted by Crippen LogP contribution is -2.44. The summed E-state index contributed by atoms with van der Waals surface area (Å²) in [7, 11) is 1.63. The molecule has 1 aliphatic carbocycles. The summed E-state index contributed by atoms with van der Waals surface area (Å²) in [5.74, 6) is 1.31. The van der Waals surface area contributed by atoms with Gasteiger partial charge in [-0.3, -0.25) is 4.79 Å². The largest absolute Gasteiger partial charge is 0.497 e. The number of methoxy groups -OCH3 is 1. The van der Waals surface area contributed by atoms with E-state index < -0.39 is 0 Å². The number of benzene rings is 1. The molecule has 0 saturated heterocycles. The molecular weight excluding hydrogens is 240 g/mol. The number of rotatable bonds is 2. The summed E-state index contributed by atoms with van der Waals surface area (Å²) in [6.45, 7) is 0. The zero-order valence-electron chi connectivity index (χ0n) is 11.2. The molecule has 102 valence electrons. The highest BCUT2D eigenvalue weighted by Crippen LogP contribution is 2.35. The highest BCUT2D eigenvalue weighted by atomic mass is 16.5. The predicted molar refractivity (Wildman–Crippen MR) is 75.6 cm³/mol. The van der Waals surface area contributed by atoms with Gasteiger partial charge in [0, 0.05) is 6.07 Å². The van der Waals surface area contributed by atoms with E-state index in [2.05, 4.69) is 10.6 Å². The Morgan fingerprint density at radius 1 is 1.16 bits per heavy atom. The van der Waals surface area contributed by atoms with Crippen LogP contribution >= 0.6 is 0 Å². The zero-order valence-corrected chi connectivity index (χ0v) is 11.2. The lowest BCUT2D eigenvalue weighted by Gasteiger charge is -2.34. The minimum Gasteiger partial charge on any atom is -0.497 e. The molecule has 3 rings (SSSR count). The summed E-state index contributed by atoms with van der Waals surface area (Å²) >= 11 is 0. The molecule has 1 fully saturated rings. The van der Waals surface area contributed by atoms with Gasteiger partial charge in [-0.05, 0) is 30.9 Å². The van der Waals surface area contributed by atoms with Crippen LogP contribution in [0.25, 0.3) is 0 Å². The predicted octanol–water partition coefficient (Wildman–Crippen LogP) is 3.01. The Bertz CT molecular complexity index is 481. The maximum absolute atomic E-state index is 12.2. The Morgan fingerprint density at radius 3 is 2.68 bits per heavy atom. The lowest BCUT2D eigenvalue weighted by atomic mass is 9.83. The first-order valence-electron chi connectivity index (χ1n) is 7.03. The molecule has 1 amide bonds. The Morgan fingerprint density at radius 2 is 1.95 bits per heavy atom. The maximum Gasteiger partial charge on any atom is 0.247 e. The van der Waals surface area contributed by atoms with Gasteiger partial charge in [-0.15, -0.1) is 0 Å². The average molecular weight is 260 g/mol. The van der Waals surface area contributed by atoms with Gasteiger partial charge in [-0.25, -0.2) is 0 Å². The van der Waals surface area contributed by atoms with E-state index in [0.29, 0.717) is 5.92 Å². The van der Waals surface area contributed by atoms with E-state index >= 15 is 0 Å². The van der Waals surface area contributed by atoms with Gasteiger partial charge in [0.25, 0.3) is 0 Å². The summed E-state index contributed by atoms with van der Waals surface area (Å²) in [6, 6.07) is 5.67. The first-order chi connectivity index (χ1) is 9.28. The summed E-state index contributed by atoms with van der Waals surface area (Å²) in [5, 5.41) is 6.40. The van der Waals surface area contributed by atoms with Crippen LogP contribution in [0.1, 0.15) is 32.1 Å². The van der Waals surface area contributed by atoms with Crippen molar-refractivity contribution in [3.05, 3.63) is 18.2 Å². The molecule has 1 aliphatic heterocycles. The van der Waals surface area contributed by atoms with Crippen molar-refractivity contribution in [3.63, 3.8) is 0 Å². The van der Waals surface area contributed by atoms with Crippen molar-refractivity contribution in [2.24, 2.45) is 5.92 Å². The second-order valence-electron chi connectivity index (χ2n) is 5.42. The molecule has 0 radical (unpaired) electrons. The normalized spacial score (nSPS) is 23.2. The molecule has 2 aliphatic rings. The molecule has 4 heteroatoms. The topological polar surface area (TPSA) is 50.4 Å². The van der Waals surface area contributed by atoms with Crippen LogP contribution in [-0.2, 0) is 4.79 Å². The highest BCUT2D eigenvalue weighted by Gasteiger charge is 2.33. The summed E-state index contributed by atoms with van der Waals surface area (Å²) < 4.78 is 5.18. The third kappa shape index (κ3) is 2.39. The molecule has 2 N–H and O–H groups in total. The summed E-state index contributed by atoms with van der Waals surface area (Å²) in [6.07, 6.45) is 6.09. The summed E-state index contributed by atoms with van der Waals surface area (Å²) in [4.78, 5) is 12.2. The first-order valence-corrected chi connectivity index (χ1v) is 7.03. The molecule has 0 spiro atoms. The lowest BCUT2D eigenvalue weighted by molar-refractivity contribution is -0.118. The van der Waals surface area contributed by atoms with Crippen molar-refractivity contribution in [1.82, 2.24) is 0 Å². The molecule has 1 aromatic rings. The fraction of sp³-hybridized carbons (Fsp3) is 0.533. The van der Waals surface area contributed by atoms with Gasteiger partial charge < -0.3 is 15.4 Å². The van der Waals surface area contributed by atoms with Gasteiger partial charge >= 0.3 is 0 Å². The summed E-state index contributed by atoms with van der Waals surface area (Å²) in [5.41, 5.74) is 1.81. The Hall–Kier alpha value is -1.71. The molecule has 19 heavy (non-hydrogen) atoms. The minimum atomic E-state index is -0.0822. The molecular formula is C15H20N2O2. The van der Waals surface area contributed by atoms with E-state index in [0.717, 1.165) is 30.0 Å². The van der Waals surface area contributed by atoms with Crippen molar-refractivity contribution in [2.45, 2.75) is 38.1 Å². The number of hydrogen-bond donors (Lipinski definition) is 2. The number of carbonyl (C=O) groups is 1. The van der Waals surface area contributed by atoms with Gasteiger partial charge in [0.05, 0.1) is 18.5 Å². The van der Waals surface area contributed by atoms with Gasteiger partial charge in [-0.1, -0.05) is 19.3 Å². The third-order valence-corrected chi connectivity index (χ3v) is 4.20. The molecule has 1 heterocycles. The van der Waals surface area contributed by atoms with Crippen molar-refractivity contribution in [2.75, 3.05) is 17.7 Å². The van der Waals surface area contributed by atoms with Crippen LogP contribution in [-0.4, -0.2) is 19.1 Å². The maximum atomic E-state index is 12.2. The zero-order chi connectivity index (χ0) is 13.2. The van der Waals surface area contributed by atoms with E-state index in [1.54, 1.807) is 7.11 Å². The molecule has 4 nitrogen and oxygen atoms in total. The Labute approximate surface area is 113 Å². The van der Waals surface area contributed by atoms with Crippen molar-refractivity contribution >= 4 is 17.3 Å². The van der Waals surface area contributed by atoms with Crippen molar-refractivity contribution < 1.29 is 9.53 Å². The molecule has 1 saturated carbocycles. The van der Waals surface area contributed by atoms with E-state index in [1.165, 1.54) is 19.3 Å². The Balaban J connectivity index is 1.81. The van der Waals surface area contributed by atoms with E-state index in [1.807, 2.05) is 18.2 Å². The van der Waals surface area contributed by atoms with Crippen LogP contribution in [0, 0.1) is 5.92 Å². The van der Waals surface area contributed by atoms with Gasteiger partial charge in [-0.2, -0.15) is 0 Å². The quantitative estimate of drug-likeness (QED) is 0.859. The fourth-order valence-electron chi connectivity index (χ4n) is 3.12. The first kappa shape index (κ1) is 12.3. The van der Waals surface area contributed by atoms with Crippen LogP contribution in [0.4, 0.5) is 11.4 Å². The molecule has 1 atom stereocenters. The minimum absolute atomic E-state index is 0.0822. The molecule has 0 bridgehead atoms. The number of carbonyl (C=O) groups excluding carboxylic acids is 1. The number of fused-ring (bicyclic) bond motifs is 1. The van der Waals surface area contributed by atoms with Crippen LogP contribution in [0.15, 0.2) is 18.2 Å². The van der Waals surface area contributed by atoms with E-state index in [-0.39, 0.29) is 11.9 Å². The van der Waals surface area contributed by atoms with Crippen LogP contribution in [0.2, 0.25) is 0 Å². The number of nitrogens with one attached hydrogen (secondary N) is 2. The molecule has 0 aromatic heterocycles. The van der Waals surface area contributed by atoms with Crippen LogP contribution < -0.4 is 15.4 Å². The van der Waals surface area contributed by atoms with Crippen LogP contribution in [0.5, 0.6) is 5.75 Å². The van der Waals surface area contributed by atoms with E-state index in [9.17, 15) is 4.79 Å². The standard InChI is InChI=1S/C15H20N2O2/c1-19-11-7-8-12-13(9-11)17-15(18)14(16-12)10-5-3-2-4-6-10/h7-10,14,16H,2-6H2,1H3,(H,17,18). The second kappa shape index (κ2) is 5.11. The molecule has 1 unspecified atom stereocenters. The van der Waals surface area contributed by atoms with Gasteiger partial charge in [0.15, 0.2) is 0 Å². The number of amides is 1. The average Bonchev–Trinajstić information content (AvgIpc) is 2.47. The number of anilines is 2. The number of ether oxygens (including phenoxy) is 1. The highest BCUT2D eigenvalue weighted by molar-refractivity contribution is 6.03. The second-order valence-corrected chi connectivity index (χ2v) is 5.42. The number of hydrogen-bond acceptors (Lipinski definition) is 3. The monoisotopic (exact) mass is 260 g/mol. The fourth-order valence-corrected chi connectivity index (χ4v) is 3.12. The van der Waals surface area contributed by atoms with E-state index in [4.69, 9.17) is 4.74 Å². The van der Waals surface area contributed by atoms with Crippen LogP contribution in [0.3, 0.4) is 0 Å². The SMILES string of the molecule is COc1ccc2c(c1)NC(=O)C(C1CCCCC1)N2.